The molecule has 0 saturated carbocycles. The second kappa shape index (κ2) is 12.6. The van der Waals surface area contributed by atoms with Gasteiger partial charge in [0.25, 0.3) is 11.8 Å². The van der Waals surface area contributed by atoms with Crippen LogP contribution in [0.5, 0.6) is 5.75 Å². The number of anilines is 1. The molecular weight excluding hydrogens is 546 g/mol. The molecule has 11 nitrogen and oxygen atoms in total. The van der Waals surface area contributed by atoms with Crippen LogP contribution in [0.25, 0.3) is 22.2 Å². The van der Waals surface area contributed by atoms with Crippen molar-refractivity contribution in [1.82, 2.24) is 24.6 Å². The second-order valence-electron chi connectivity index (χ2n) is 9.99. The van der Waals surface area contributed by atoms with Gasteiger partial charge in [-0.1, -0.05) is 42.5 Å². The van der Waals surface area contributed by atoms with E-state index in [-0.39, 0.29) is 23.3 Å². The van der Waals surface area contributed by atoms with Crippen molar-refractivity contribution in [2.75, 3.05) is 19.0 Å². The maximum Gasteiger partial charge on any atom is 0.276 e. The molecule has 43 heavy (non-hydrogen) atoms. The highest BCUT2D eigenvalue weighted by Gasteiger charge is 2.21. The lowest BCUT2D eigenvalue weighted by Gasteiger charge is -2.13. The standard InChI is InChI=1S/C32H33N7O4/c1-4-39-26(17-20(2)37-39)31(42)36-32-35-25-18-24(29(33)40)19-27(43-3)28(25)38(32)16-8-15-34-30(41)23-13-11-22(12-14-23)21-9-6-5-7-10-21/h5-7,9-14,17-19H,4,8,15-16H2,1-3H3,(H2,33,40)(H,34,41)(H,35,36,42). The Morgan fingerprint density at radius 1 is 0.930 bits per heavy atom. The summed E-state index contributed by atoms with van der Waals surface area (Å²) in [5.74, 6) is -0.529. The molecule has 5 aromatic rings. The normalized spacial score (nSPS) is 11.0. The van der Waals surface area contributed by atoms with Gasteiger partial charge in [-0.25, -0.2) is 4.98 Å². The van der Waals surface area contributed by atoms with E-state index in [9.17, 15) is 14.4 Å². The molecule has 0 radical (unpaired) electrons. The molecule has 2 aromatic heterocycles. The van der Waals surface area contributed by atoms with Gasteiger partial charge < -0.3 is 20.4 Å². The topological polar surface area (TPSA) is 146 Å². The minimum absolute atomic E-state index is 0.185. The number of amides is 3. The number of aryl methyl sites for hydroxylation is 3. The number of imidazole rings is 1. The molecule has 0 unspecified atom stereocenters. The Kier molecular flexibility index (Phi) is 8.51. The van der Waals surface area contributed by atoms with E-state index >= 15 is 0 Å². The van der Waals surface area contributed by atoms with Crippen molar-refractivity contribution in [3.05, 3.63) is 95.3 Å². The van der Waals surface area contributed by atoms with E-state index in [1.807, 2.05) is 56.3 Å². The molecule has 0 saturated heterocycles. The largest absolute Gasteiger partial charge is 0.494 e. The summed E-state index contributed by atoms with van der Waals surface area (Å²) in [7, 11) is 1.49. The number of nitrogens with one attached hydrogen (secondary N) is 2. The number of carbonyl (C=O) groups excluding carboxylic acids is 3. The maximum absolute atomic E-state index is 13.3. The number of carbonyl (C=O) groups is 3. The molecule has 0 aliphatic carbocycles. The molecule has 3 aromatic carbocycles. The number of fused-ring (bicyclic) bond motifs is 1. The number of nitrogens with two attached hydrogens (primary N) is 1. The number of nitrogens with zero attached hydrogens (tertiary/aromatic N) is 4. The summed E-state index contributed by atoms with van der Waals surface area (Å²) in [6.45, 7) is 5.01. The van der Waals surface area contributed by atoms with Gasteiger partial charge in [-0.3, -0.25) is 24.4 Å². The van der Waals surface area contributed by atoms with E-state index in [2.05, 4.69) is 20.7 Å². The summed E-state index contributed by atoms with van der Waals surface area (Å²) in [6, 6.07) is 22.2. The van der Waals surface area contributed by atoms with E-state index in [0.717, 1.165) is 16.8 Å². The fraction of sp³-hybridized carbons (Fsp3) is 0.219. The zero-order valence-corrected chi connectivity index (χ0v) is 24.3. The first-order valence-corrected chi connectivity index (χ1v) is 14.0. The summed E-state index contributed by atoms with van der Waals surface area (Å²) in [4.78, 5) is 42.7. The van der Waals surface area contributed by atoms with E-state index in [1.54, 1.807) is 39.6 Å². The van der Waals surface area contributed by atoms with Crippen molar-refractivity contribution in [3.8, 4) is 16.9 Å². The van der Waals surface area contributed by atoms with Gasteiger partial charge in [-0.15, -0.1) is 0 Å². The van der Waals surface area contributed by atoms with Crippen molar-refractivity contribution in [3.63, 3.8) is 0 Å². The van der Waals surface area contributed by atoms with Crippen molar-refractivity contribution in [1.29, 1.82) is 0 Å². The highest BCUT2D eigenvalue weighted by atomic mass is 16.5. The lowest BCUT2D eigenvalue weighted by atomic mass is 10.0. The summed E-state index contributed by atoms with van der Waals surface area (Å²) in [5.41, 5.74) is 10.6. The Bertz CT molecular complexity index is 1790. The monoisotopic (exact) mass is 579 g/mol. The van der Waals surface area contributed by atoms with Gasteiger partial charge in [0.05, 0.1) is 18.3 Å². The Morgan fingerprint density at radius 3 is 2.33 bits per heavy atom. The van der Waals surface area contributed by atoms with Gasteiger partial charge in [-0.2, -0.15) is 5.10 Å². The molecule has 2 heterocycles. The molecule has 0 spiro atoms. The first-order valence-electron chi connectivity index (χ1n) is 14.0. The van der Waals surface area contributed by atoms with Crippen LogP contribution < -0.4 is 21.1 Å². The Morgan fingerprint density at radius 2 is 1.65 bits per heavy atom. The third-order valence-corrected chi connectivity index (χ3v) is 7.07. The molecule has 0 aliphatic heterocycles. The molecule has 0 aliphatic rings. The predicted molar refractivity (Wildman–Crippen MR) is 164 cm³/mol. The summed E-state index contributed by atoms with van der Waals surface area (Å²) >= 11 is 0. The molecule has 0 atom stereocenters. The number of aromatic nitrogens is 4. The molecule has 0 fully saturated rings. The highest BCUT2D eigenvalue weighted by Crippen LogP contribution is 2.31. The highest BCUT2D eigenvalue weighted by molar-refractivity contribution is 6.04. The first kappa shape index (κ1) is 29.1. The van der Waals surface area contributed by atoms with E-state index in [1.165, 1.54) is 7.11 Å². The Labute approximate surface area is 248 Å². The van der Waals surface area contributed by atoms with Crippen LogP contribution in [0.15, 0.2) is 72.8 Å². The minimum Gasteiger partial charge on any atom is -0.494 e. The van der Waals surface area contributed by atoms with Gasteiger partial charge in [0.1, 0.15) is 17.0 Å². The van der Waals surface area contributed by atoms with E-state index in [0.29, 0.717) is 54.1 Å². The number of ether oxygens (including phenoxy) is 1. The van der Waals surface area contributed by atoms with Gasteiger partial charge in [-0.05, 0) is 61.7 Å². The van der Waals surface area contributed by atoms with Gasteiger partial charge >= 0.3 is 0 Å². The maximum atomic E-state index is 13.3. The Balaban J connectivity index is 1.34. The molecule has 0 bridgehead atoms. The molecule has 5 rings (SSSR count). The fourth-order valence-electron chi connectivity index (χ4n) is 4.96. The number of primary amides is 1. The van der Waals surface area contributed by atoms with E-state index in [4.69, 9.17) is 10.5 Å². The van der Waals surface area contributed by atoms with Crippen LogP contribution in [0.3, 0.4) is 0 Å². The van der Waals surface area contributed by atoms with Crippen LogP contribution in [0, 0.1) is 6.92 Å². The van der Waals surface area contributed by atoms with Gasteiger partial charge in [0.2, 0.25) is 11.9 Å². The average Bonchev–Trinajstić information content (AvgIpc) is 3.58. The predicted octanol–water partition coefficient (Wildman–Crippen LogP) is 4.41. The van der Waals surface area contributed by atoms with Gasteiger partial charge in [0.15, 0.2) is 0 Å². The van der Waals surface area contributed by atoms with Crippen LogP contribution in [-0.4, -0.2) is 50.7 Å². The lowest BCUT2D eigenvalue weighted by Crippen LogP contribution is -2.25. The second-order valence-corrected chi connectivity index (χ2v) is 9.99. The van der Waals surface area contributed by atoms with Crippen molar-refractivity contribution in [2.24, 2.45) is 5.73 Å². The van der Waals surface area contributed by atoms with Crippen LogP contribution in [-0.2, 0) is 13.1 Å². The third-order valence-electron chi connectivity index (χ3n) is 7.07. The quantitative estimate of drug-likeness (QED) is 0.198. The Hall–Kier alpha value is -5.45. The zero-order valence-electron chi connectivity index (χ0n) is 24.3. The van der Waals surface area contributed by atoms with Crippen LogP contribution in [0.4, 0.5) is 5.95 Å². The molecule has 11 heteroatoms. The lowest BCUT2D eigenvalue weighted by molar-refractivity contribution is 0.0951. The first-order chi connectivity index (χ1) is 20.8. The zero-order chi connectivity index (χ0) is 30.5. The average molecular weight is 580 g/mol. The number of methoxy groups -OCH3 is 1. The summed E-state index contributed by atoms with van der Waals surface area (Å²) in [6.07, 6.45) is 0.523. The van der Waals surface area contributed by atoms with Crippen molar-refractivity contribution >= 4 is 34.7 Å². The van der Waals surface area contributed by atoms with Crippen LogP contribution in [0.2, 0.25) is 0 Å². The fourth-order valence-corrected chi connectivity index (χ4v) is 4.96. The van der Waals surface area contributed by atoms with Crippen LogP contribution in [0.1, 0.15) is 50.2 Å². The van der Waals surface area contributed by atoms with Crippen molar-refractivity contribution < 1.29 is 19.1 Å². The minimum atomic E-state index is -0.623. The van der Waals surface area contributed by atoms with Gasteiger partial charge in [0, 0.05) is 30.8 Å². The van der Waals surface area contributed by atoms with Crippen molar-refractivity contribution in [2.45, 2.75) is 33.4 Å². The number of benzene rings is 3. The number of hydrogen-bond donors (Lipinski definition) is 3. The SMILES string of the molecule is CCn1nc(C)cc1C(=O)Nc1nc2cc(C(N)=O)cc(OC)c2n1CCCNC(=O)c1ccc(-c2ccccc2)cc1. The summed E-state index contributed by atoms with van der Waals surface area (Å²) < 4.78 is 9.00. The third kappa shape index (κ3) is 6.25. The molecular formula is C32H33N7O4. The summed E-state index contributed by atoms with van der Waals surface area (Å²) in [5, 5.41) is 10.2. The van der Waals surface area contributed by atoms with Crippen LogP contribution >= 0.6 is 0 Å². The smallest absolute Gasteiger partial charge is 0.276 e. The molecule has 3 amide bonds. The number of hydrogen-bond acceptors (Lipinski definition) is 6. The van der Waals surface area contributed by atoms with E-state index < -0.39 is 5.91 Å². The number of rotatable bonds is 11. The molecule has 220 valence electrons. The molecule has 4 N–H and O–H groups in total.